The highest BCUT2D eigenvalue weighted by molar-refractivity contribution is 7.90. The molecule has 11 heteroatoms. The third-order valence-electron chi connectivity index (χ3n) is 4.60. The molecule has 0 atom stereocenters. The Morgan fingerprint density at radius 2 is 1.48 bits per heavy atom. The lowest BCUT2D eigenvalue weighted by Crippen LogP contribution is -2.50. The number of anilines is 1. The number of nitrogens with one attached hydrogen (secondary N) is 1. The first kappa shape index (κ1) is 21.6. The Bertz CT molecular complexity index is 1050. The molecule has 0 unspecified atom stereocenters. The Hall–Kier alpha value is -2.08. The number of halogens is 2. The minimum atomic E-state index is -4.14. The zero-order valence-electron chi connectivity index (χ0n) is 15.5. The van der Waals surface area contributed by atoms with Gasteiger partial charge in [-0.2, -0.15) is 4.31 Å². The normalized spacial score (nSPS) is 16.1. The van der Waals surface area contributed by atoms with E-state index in [9.17, 15) is 25.6 Å². The maximum atomic E-state index is 13.7. The van der Waals surface area contributed by atoms with Crippen molar-refractivity contribution in [2.24, 2.45) is 0 Å². The number of hydrogen-bond donors (Lipinski definition) is 1. The molecule has 2 aromatic carbocycles. The first-order valence-electron chi connectivity index (χ1n) is 8.91. The topological polar surface area (TPSA) is 86.8 Å². The first-order chi connectivity index (χ1) is 13.7. The van der Waals surface area contributed by atoms with E-state index in [1.807, 2.05) is 4.90 Å². The number of piperazine rings is 1. The minimum Gasteiger partial charge on any atom is -0.369 e. The third kappa shape index (κ3) is 5.30. The van der Waals surface area contributed by atoms with Crippen LogP contribution in [0.15, 0.2) is 53.4 Å². The van der Waals surface area contributed by atoms with Crippen LogP contribution in [0, 0.1) is 11.6 Å². The number of hydrogen-bond acceptors (Lipinski definition) is 5. The fraction of sp³-hybridized carbons (Fsp3) is 0.333. The number of nitrogens with zero attached hydrogens (tertiary/aromatic N) is 2. The van der Waals surface area contributed by atoms with Gasteiger partial charge in [0.1, 0.15) is 16.5 Å². The maximum Gasteiger partial charge on any atom is 0.243 e. The average Bonchev–Trinajstić information content (AvgIpc) is 2.68. The van der Waals surface area contributed by atoms with Crippen molar-refractivity contribution in [3.8, 4) is 0 Å². The SMILES string of the molecule is O=S(=O)(NCCS(=O)(=O)N1CCN(c2ccc(F)cc2)CC1)c1ccccc1F. The van der Waals surface area contributed by atoms with Crippen molar-refractivity contribution >= 4 is 25.7 Å². The van der Waals surface area contributed by atoms with Gasteiger partial charge in [0.15, 0.2) is 0 Å². The van der Waals surface area contributed by atoms with Crippen LogP contribution in [0.4, 0.5) is 14.5 Å². The second-order valence-electron chi connectivity index (χ2n) is 6.51. The summed E-state index contributed by atoms with van der Waals surface area (Å²) in [6, 6.07) is 10.8. The van der Waals surface area contributed by atoms with E-state index >= 15 is 0 Å². The van der Waals surface area contributed by atoms with Crippen molar-refractivity contribution in [2.75, 3.05) is 43.4 Å². The molecule has 1 N–H and O–H groups in total. The molecule has 29 heavy (non-hydrogen) atoms. The van der Waals surface area contributed by atoms with Crippen LogP contribution in [-0.4, -0.2) is 59.6 Å². The van der Waals surface area contributed by atoms with Crippen LogP contribution in [0.25, 0.3) is 0 Å². The van der Waals surface area contributed by atoms with Gasteiger partial charge in [0.05, 0.1) is 5.75 Å². The molecule has 0 amide bonds. The summed E-state index contributed by atoms with van der Waals surface area (Å²) in [5.41, 5.74) is 0.807. The van der Waals surface area contributed by atoms with Gasteiger partial charge >= 0.3 is 0 Å². The highest BCUT2D eigenvalue weighted by Gasteiger charge is 2.27. The molecule has 158 valence electrons. The second-order valence-corrected chi connectivity index (χ2v) is 10.3. The lowest BCUT2D eigenvalue weighted by Gasteiger charge is -2.35. The molecule has 1 saturated heterocycles. The smallest absolute Gasteiger partial charge is 0.243 e. The number of sulfonamides is 2. The molecule has 2 aromatic rings. The fourth-order valence-electron chi connectivity index (χ4n) is 3.05. The average molecular weight is 446 g/mol. The fourth-order valence-corrected chi connectivity index (χ4v) is 5.63. The zero-order chi connectivity index (χ0) is 21.1. The molecule has 1 fully saturated rings. The molecular weight excluding hydrogens is 424 g/mol. The van der Waals surface area contributed by atoms with Gasteiger partial charge < -0.3 is 4.90 Å². The standard InChI is InChI=1S/C18H21F2N3O4S2/c19-15-5-7-16(8-6-15)22-10-12-23(13-11-22)28(24,25)14-9-21-29(26,27)18-4-2-1-3-17(18)20/h1-8,21H,9-14H2. The Morgan fingerprint density at radius 3 is 2.10 bits per heavy atom. The molecular formula is C18H21F2N3O4S2. The summed E-state index contributed by atoms with van der Waals surface area (Å²) < 4.78 is 79.4. The highest BCUT2D eigenvalue weighted by Crippen LogP contribution is 2.18. The lowest BCUT2D eigenvalue weighted by molar-refractivity contribution is 0.385. The van der Waals surface area contributed by atoms with Crippen molar-refractivity contribution in [2.45, 2.75) is 4.90 Å². The van der Waals surface area contributed by atoms with Gasteiger partial charge in [-0.1, -0.05) is 12.1 Å². The van der Waals surface area contributed by atoms with Gasteiger partial charge in [-0.15, -0.1) is 0 Å². The van der Waals surface area contributed by atoms with E-state index in [1.165, 1.54) is 28.6 Å². The van der Waals surface area contributed by atoms with E-state index < -0.39 is 36.5 Å². The van der Waals surface area contributed by atoms with Gasteiger partial charge in [0, 0.05) is 38.4 Å². The van der Waals surface area contributed by atoms with E-state index in [0.29, 0.717) is 13.1 Å². The summed E-state index contributed by atoms with van der Waals surface area (Å²) in [7, 11) is -7.82. The number of rotatable bonds is 7. The summed E-state index contributed by atoms with van der Waals surface area (Å²) in [5, 5.41) is 0. The van der Waals surface area contributed by atoms with Crippen molar-refractivity contribution in [3.63, 3.8) is 0 Å². The largest absolute Gasteiger partial charge is 0.369 e. The van der Waals surface area contributed by atoms with Gasteiger partial charge in [-0.3, -0.25) is 0 Å². The Balaban J connectivity index is 1.54. The second kappa shape index (κ2) is 8.74. The lowest BCUT2D eigenvalue weighted by atomic mass is 10.2. The van der Waals surface area contributed by atoms with Crippen molar-refractivity contribution < 1.29 is 25.6 Å². The summed E-state index contributed by atoms with van der Waals surface area (Å²) in [6.45, 7) is 0.981. The van der Waals surface area contributed by atoms with Crippen LogP contribution in [0.3, 0.4) is 0 Å². The summed E-state index contributed by atoms with van der Waals surface area (Å²) in [6.07, 6.45) is 0. The molecule has 0 saturated carbocycles. The molecule has 0 bridgehead atoms. The van der Waals surface area contributed by atoms with Gasteiger partial charge in [-0.25, -0.2) is 30.3 Å². The predicted octanol–water partition coefficient (Wildman–Crippen LogP) is 1.40. The van der Waals surface area contributed by atoms with Crippen molar-refractivity contribution in [3.05, 3.63) is 60.2 Å². The van der Waals surface area contributed by atoms with E-state index in [4.69, 9.17) is 0 Å². The van der Waals surface area contributed by atoms with Crippen LogP contribution >= 0.6 is 0 Å². The van der Waals surface area contributed by atoms with Gasteiger partial charge in [0.25, 0.3) is 0 Å². The van der Waals surface area contributed by atoms with Crippen LogP contribution in [0.1, 0.15) is 0 Å². The Labute approximate surface area is 169 Å². The van der Waals surface area contributed by atoms with Crippen LogP contribution in [0.5, 0.6) is 0 Å². The molecule has 0 aromatic heterocycles. The van der Waals surface area contributed by atoms with Crippen LogP contribution in [0.2, 0.25) is 0 Å². The molecule has 3 rings (SSSR count). The highest BCUT2D eigenvalue weighted by atomic mass is 32.2. The van der Waals surface area contributed by atoms with Gasteiger partial charge in [0.2, 0.25) is 20.0 Å². The molecule has 1 aliphatic heterocycles. The summed E-state index contributed by atoms with van der Waals surface area (Å²) in [4.78, 5) is 1.43. The van der Waals surface area contributed by atoms with Crippen molar-refractivity contribution in [1.29, 1.82) is 0 Å². The minimum absolute atomic E-state index is 0.236. The number of benzene rings is 2. The van der Waals surface area contributed by atoms with E-state index in [0.717, 1.165) is 17.8 Å². The molecule has 0 radical (unpaired) electrons. The monoisotopic (exact) mass is 445 g/mol. The van der Waals surface area contributed by atoms with Crippen molar-refractivity contribution in [1.82, 2.24) is 9.03 Å². The van der Waals surface area contributed by atoms with E-state index in [2.05, 4.69) is 4.72 Å². The maximum absolute atomic E-state index is 13.7. The third-order valence-corrected chi connectivity index (χ3v) is 7.97. The summed E-state index contributed by atoms with van der Waals surface area (Å²) >= 11 is 0. The molecule has 0 aliphatic carbocycles. The van der Waals surface area contributed by atoms with Crippen LogP contribution in [-0.2, 0) is 20.0 Å². The summed E-state index contributed by atoms with van der Waals surface area (Å²) in [5.74, 6) is -1.68. The van der Waals surface area contributed by atoms with Gasteiger partial charge in [-0.05, 0) is 36.4 Å². The quantitative estimate of drug-likeness (QED) is 0.696. The predicted molar refractivity (Wildman–Crippen MR) is 106 cm³/mol. The molecule has 7 nitrogen and oxygen atoms in total. The molecule has 1 heterocycles. The molecule has 0 spiro atoms. The zero-order valence-corrected chi connectivity index (χ0v) is 17.1. The Morgan fingerprint density at radius 1 is 0.862 bits per heavy atom. The Kier molecular flexibility index (Phi) is 6.52. The van der Waals surface area contributed by atoms with Crippen LogP contribution < -0.4 is 9.62 Å². The molecule has 1 aliphatic rings. The van der Waals surface area contributed by atoms with E-state index in [-0.39, 0.29) is 25.5 Å². The van der Waals surface area contributed by atoms with E-state index in [1.54, 1.807) is 12.1 Å². The first-order valence-corrected chi connectivity index (χ1v) is 12.0.